The maximum Gasteiger partial charge on any atom is 0.224 e. The minimum atomic E-state index is -2.95. The monoisotopic (exact) mass is 382 g/mol. The third-order valence-electron chi connectivity index (χ3n) is 4.85. The summed E-state index contributed by atoms with van der Waals surface area (Å²) in [4.78, 5) is 16.4. The molecule has 0 aliphatic carbocycles. The number of piperazine rings is 1. The number of rotatable bonds is 6. The lowest BCUT2D eigenvalue weighted by Crippen LogP contribution is -2.49. The molecule has 1 aliphatic rings. The molecule has 0 spiro atoms. The number of sulfone groups is 1. The Balaban J connectivity index is 1.50. The van der Waals surface area contributed by atoms with E-state index in [1.807, 2.05) is 23.6 Å². The van der Waals surface area contributed by atoms with Crippen LogP contribution >= 0.6 is 0 Å². The molecule has 2 aromatic heterocycles. The number of fused-ring (bicyclic) bond motifs is 1. The third kappa shape index (κ3) is 4.24. The first-order valence-corrected chi connectivity index (χ1v) is 10.8. The van der Waals surface area contributed by atoms with Crippen molar-refractivity contribution in [2.75, 3.05) is 44.7 Å². The van der Waals surface area contributed by atoms with Crippen molar-refractivity contribution in [3.63, 3.8) is 0 Å². The van der Waals surface area contributed by atoms with Gasteiger partial charge in [0.15, 0.2) is 0 Å². The summed E-state index contributed by atoms with van der Waals surface area (Å²) in [5.74, 6) is 0.277. The summed E-state index contributed by atoms with van der Waals surface area (Å²) in [5.41, 5.74) is 2.85. The van der Waals surface area contributed by atoms with Gasteiger partial charge in [0.05, 0.1) is 24.2 Å². The van der Waals surface area contributed by atoms with Gasteiger partial charge in [-0.1, -0.05) is 0 Å². The summed E-state index contributed by atoms with van der Waals surface area (Å²) in [6, 6.07) is 0. The Kier molecular flexibility index (Phi) is 5.33. The van der Waals surface area contributed by atoms with E-state index in [2.05, 4.69) is 15.1 Å². The van der Waals surface area contributed by atoms with Crippen LogP contribution in [0.3, 0.4) is 0 Å². The summed E-state index contributed by atoms with van der Waals surface area (Å²) in [6.45, 7) is 5.73. The van der Waals surface area contributed by atoms with Gasteiger partial charge in [-0.3, -0.25) is 19.1 Å². The Morgan fingerprint density at radius 3 is 2.54 bits per heavy atom. The Bertz CT molecular complexity index is 893. The van der Waals surface area contributed by atoms with E-state index >= 15 is 0 Å². The van der Waals surface area contributed by atoms with Gasteiger partial charge >= 0.3 is 0 Å². The van der Waals surface area contributed by atoms with Gasteiger partial charge in [-0.15, -0.1) is 0 Å². The predicted molar refractivity (Wildman–Crippen MR) is 98.6 cm³/mol. The maximum absolute atomic E-state index is 12.5. The van der Waals surface area contributed by atoms with E-state index in [1.165, 1.54) is 6.26 Å². The van der Waals surface area contributed by atoms with E-state index in [-0.39, 0.29) is 11.7 Å². The maximum atomic E-state index is 12.5. The van der Waals surface area contributed by atoms with E-state index in [0.29, 0.717) is 32.6 Å². The van der Waals surface area contributed by atoms with Gasteiger partial charge in [0.1, 0.15) is 20.9 Å². The number of nitrogens with zero attached hydrogens (tertiary/aromatic N) is 6. The molecule has 0 N–H and O–H groups in total. The minimum absolute atomic E-state index is 0.109. The van der Waals surface area contributed by atoms with Gasteiger partial charge < -0.3 is 4.90 Å². The number of hydrogen-bond acceptors (Lipinski definition) is 6. The topological polar surface area (TPSA) is 93.3 Å². The fourth-order valence-electron chi connectivity index (χ4n) is 3.36. The molecule has 0 atom stereocenters. The highest BCUT2D eigenvalue weighted by Gasteiger charge is 2.22. The number of aromatic nitrogens is 4. The number of aryl methyl sites for hydroxylation is 3. The molecule has 144 valence electrons. The van der Waals surface area contributed by atoms with Crippen molar-refractivity contribution in [3.05, 3.63) is 11.9 Å². The zero-order chi connectivity index (χ0) is 18.9. The van der Waals surface area contributed by atoms with Crippen molar-refractivity contribution in [1.82, 2.24) is 29.4 Å². The van der Waals surface area contributed by atoms with Crippen molar-refractivity contribution < 1.29 is 13.2 Å². The molecule has 0 saturated carbocycles. The Hall–Kier alpha value is -1.94. The normalized spacial score (nSPS) is 16.5. The summed E-state index contributed by atoms with van der Waals surface area (Å²) in [7, 11) is -1.06. The summed E-state index contributed by atoms with van der Waals surface area (Å²) in [5, 5.41) is 8.76. The van der Waals surface area contributed by atoms with Gasteiger partial charge in [0.25, 0.3) is 0 Å². The Morgan fingerprint density at radius 1 is 1.19 bits per heavy atom. The number of amides is 1. The zero-order valence-corrected chi connectivity index (χ0v) is 16.4. The molecule has 3 heterocycles. The van der Waals surface area contributed by atoms with Crippen LogP contribution in [0.1, 0.15) is 12.1 Å². The smallest absolute Gasteiger partial charge is 0.224 e. The highest BCUT2D eigenvalue weighted by molar-refractivity contribution is 7.90. The van der Waals surface area contributed by atoms with Crippen LogP contribution in [-0.2, 0) is 28.2 Å². The first-order chi connectivity index (χ1) is 12.2. The molecular formula is C16H26N6O3S. The second-order valence-electron chi connectivity index (χ2n) is 6.91. The second-order valence-corrected chi connectivity index (χ2v) is 9.17. The molecule has 0 radical (unpaired) electrons. The highest BCUT2D eigenvalue weighted by Crippen LogP contribution is 2.17. The largest absolute Gasteiger partial charge is 0.340 e. The predicted octanol–water partition coefficient (Wildman–Crippen LogP) is -0.343. The van der Waals surface area contributed by atoms with Crippen LogP contribution in [0.2, 0.25) is 0 Å². The van der Waals surface area contributed by atoms with E-state index < -0.39 is 9.84 Å². The van der Waals surface area contributed by atoms with Crippen LogP contribution in [0.5, 0.6) is 0 Å². The van der Waals surface area contributed by atoms with Crippen LogP contribution in [0.25, 0.3) is 11.0 Å². The van der Waals surface area contributed by atoms with Crippen LogP contribution in [0.15, 0.2) is 6.20 Å². The summed E-state index contributed by atoms with van der Waals surface area (Å²) < 4.78 is 26.2. The SMILES string of the molecule is Cc1nn(C)c2cnn(CCC(=O)N3CCN(CCS(C)(=O)=O)CC3)c12. The molecule has 0 unspecified atom stereocenters. The van der Waals surface area contributed by atoms with Crippen LogP contribution in [-0.4, -0.2) is 88.4 Å². The molecule has 9 nitrogen and oxygen atoms in total. The lowest BCUT2D eigenvalue weighted by Gasteiger charge is -2.34. The van der Waals surface area contributed by atoms with Gasteiger partial charge in [-0.25, -0.2) is 8.42 Å². The number of hydrogen-bond donors (Lipinski definition) is 0. The Morgan fingerprint density at radius 2 is 1.88 bits per heavy atom. The van der Waals surface area contributed by atoms with Crippen molar-refractivity contribution in [1.29, 1.82) is 0 Å². The van der Waals surface area contributed by atoms with Crippen LogP contribution in [0, 0.1) is 6.92 Å². The van der Waals surface area contributed by atoms with Gasteiger partial charge in [-0.05, 0) is 6.92 Å². The fraction of sp³-hybridized carbons (Fsp3) is 0.688. The lowest BCUT2D eigenvalue weighted by atomic mass is 10.2. The van der Waals surface area contributed by atoms with E-state index in [0.717, 1.165) is 29.8 Å². The molecule has 2 aromatic rings. The average Bonchev–Trinajstić information content (AvgIpc) is 3.13. The molecule has 1 saturated heterocycles. The Labute approximate surface area is 153 Å². The number of carbonyl (C=O) groups is 1. The average molecular weight is 382 g/mol. The van der Waals surface area contributed by atoms with E-state index in [9.17, 15) is 13.2 Å². The van der Waals surface area contributed by atoms with Gasteiger partial charge in [0, 0.05) is 52.4 Å². The van der Waals surface area contributed by atoms with Crippen LogP contribution in [0.4, 0.5) is 0 Å². The second kappa shape index (κ2) is 7.36. The first-order valence-electron chi connectivity index (χ1n) is 8.77. The van der Waals surface area contributed by atoms with Gasteiger partial charge in [-0.2, -0.15) is 10.2 Å². The highest BCUT2D eigenvalue weighted by atomic mass is 32.2. The van der Waals surface area contributed by atoms with Crippen molar-refractivity contribution in [3.8, 4) is 0 Å². The third-order valence-corrected chi connectivity index (χ3v) is 5.78. The van der Waals surface area contributed by atoms with E-state index in [1.54, 1.807) is 10.9 Å². The fourth-order valence-corrected chi connectivity index (χ4v) is 3.95. The quantitative estimate of drug-likeness (QED) is 0.678. The standard InChI is InChI=1S/C16H26N6O3S/c1-13-16-14(19(2)18-13)12-17-22(16)5-4-15(23)21-8-6-20(7-9-21)10-11-26(3,24)25/h12H,4-11H2,1-3H3. The lowest BCUT2D eigenvalue weighted by molar-refractivity contribution is -0.133. The van der Waals surface area contributed by atoms with Crippen molar-refractivity contribution >= 4 is 26.8 Å². The molecule has 3 rings (SSSR count). The number of carbonyl (C=O) groups excluding carboxylic acids is 1. The molecule has 10 heteroatoms. The van der Waals surface area contributed by atoms with Crippen molar-refractivity contribution in [2.24, 2.45) is 7.05 Å². The summed E-state index contributed by atoms with van der Waals surface area (Å²) >= 11 is 0. The van der Waals surface area contributed by atoms with Crippen LogP contribution < -0.4 is 0 Å². The zero-order valence-electron chi connectivity index (χ0n) is 15.6. The molecule has 1 amide bonds. The minimum Gasteiger partial charge on any atom is -0.340 e. The van der Waals surface area contributed by atoms with E-state index in [4.69, 9.17) is 0 Å². The molecular weight excluding hydrogens is 356 g/mol. The van der Waals surface area contributed by atoms with Gasteiger partial charge in [0.2, 0.25) is 5.91 Å². The first kappa shape index (κ1) is 18.8. The molecule has 26 heavy (non-hydrogen) atoms. The molecule has 1 fully saturated rings. The molecule has 0 aromatic carbocycles. The molecule has 0 bridgehead atoms. The van der Waals surface area contributed by atoms with Crippen molar-refractivity contribution in [2.45, 2.75) is 19.9 Å². The summed E-state index contributed by atoms with van der Waals surface area (Å²) in [6.07, 6.45) is 3.43. The molecule has 1 aliphatic heterocycles.